The number of nitrogens with zero attached hydrogens (tertiary/aromatic N) is 1. The topological polar surface area (TPSA) is 63.7 Å². The summed E-state index contributed by atoms with van der Waals surface area (Å²) in [6.07, 6.45) is 0.566. The smallest absolute Gasteiger partial charge is 0.243 e. The van der Waals surface area contributed by atoms with Crippen molar-refractivity contribution >= 4 is 15.8 Å². The minimum atomic E-state index is -3.61. The van der Waals surface area contributed by atoms with Gasteiger partial charge in [-0.25, -0.2) is 8.42 Å². The molecular weight excluding hydrogens is 290 g/mol. The van der Waals surface area contributed by atoms with E-state index in [4.69, 9.17) is 4.74 Å². The summed E-state index contributed by atoms with van der Waals surface area (Å²) in [6, 6.07) is 6.06. The molecule has 0 radical (unpaired) electrons. The van der Waals surface area contributed by atoms with Gasteiger partial charge in [-0.2, -0.15) is 4.31 Å². The highest BCUT2D eigenvalue weighted by Gasteiger charge is 2.35. The number of ether oxygens (including phenoxy) is 1. The molecule has 1 fully saturated rings. The highest BCUT2D eigenvalue weighted by molar-refractivity contribution is 7.89. The number of rotatable bonds is 4. The summed E-state index contributed by atoms with van der Waals surface area (Å²) in [6.45, 7) is 5.98. The van der Waals surface area contributed by atoms with Crippen LogP contribution in [0.15, 0.2) is 29.2 Å². The Bertz CT molecular complexity index is 626. The van der Waals surface area contributed by atoms with Gasteiger partial charge >= 0.3 is 0 Å². The summed E-state index contributed by atoms with van der Waals surface area (Å²) in [5.41, 5.74) is 0.408. The highest BCUT2D eigenvalue weighted by atomic mass is 32.2. The SMILES string of the molecule is CC[C@H]1CO[C@H](C)CN1S(=O)(=O)c1cccc(C(C)=O)c1. The van der Waals surface area contributed by atoms with Crippen molar-refractivity contribution in [2.24, 2.45) is 0 Å². The molecule has 0 amide bonds. The maximum atomic E-state index is 12.8. The van der Waals surface area contributed by atoms with E-state index in [9.17, 15) is 13.2 Å². The first kappa shape index (κ1) is 16.1. The third kappa shape index (κ3) is 3.33. The van der Waals surface area contributed by atoms with Crippen LogP contribution in [0, 0.1) is 0 Å². The van der Waals surface area contributed by atoms with Crippen molar-refractivity contribution in [1.29, 1.82) is 0 Å². The quantitative estimate of drug-likeness (QED) is 0.799. The summed E-state index contributed by atoms with van der Waals surface area (Å²) >= 11 is 0. The van der Waals surface area contributed by atoms with Gasteiger partial charge in [0.25, 0.3) is 0 Å². The second-order valence-corrected chi connectivity index (χ2v) is 7.26. The molecular formula is C15H21NO4S. The summed E-state index contributed by atoms with van der Waals surface area (Å²) in [7, 11) is -3.61. The molecule has 2 atom stereocenters. The maximum absolute atomic E-state index is 12.8. The highest BCUT2D eigenvalue weighted by Crippen LogP contribution is 2.24. The van der Waals surface area contributed by atoms with Crippen molar-refractivity contribution in [2.75, 3.05) is 13.2 Å². The first-order valence-electron chi connectivity index (χ1n) is 7.10. The van der Waals surface area contributed by atoms with Crippen LogP contribution in [0.5, 0.6) is 0 Å². The molecule has 0 spiro atoms. The molecule has 1 aliphatic rings. The molecule has 0 saturated carbocycles. The van der Waals surface area contributed by atoms with Crippen LogP contribution < -0.4 is 0 Å². The monoisotopic (exact) mass is 311 g/mol. The van der Waals surface area contributed by atoms with Gasteiger partial charge < -0.3 is 4.74 Å². The van der Waals surface area contributed by atoms with Crippen LogP contribution in [0.25, 0.3) is 0 Å². The third-order valence-electron chi connectivity index (χ3n) is 3.74. The van der Waals surface area contributed by atoms with Crippen LogP contribution in [0.3, 0.4) is 0 Å². The van der Waals surface area contributed by atoms with Gasteiger partial charge in [0, 0.05) is 18.2 Å². The maximum Gasteiger partial charge on any atom is 0.243 e. The van der Waals surface area contributed by atoms with Crippen LogP contribution in [0.4, 0.5) is 0 Å². The number of benzene rings is 1. The predicted molar refractivity (Wildman–Crippen MR) is 79.8 cm³/mol. The molecule has 5 nitrogen and oxygen atoms in total. The zero-order chi connectivity index (χ0) is 15.6. The van der Waals surface area contributed by atoms with Crippen molar-refractivity contribution in [1.82, 2.24) is 4.31 Å². The molecule has 0 N–H and O–H groups in total. The van der Waals surface area contributed by atoms with E-state index >= 15 is 0 Å². The lowest BCUT2D eigenvalue weighted by atomic mass is 10.2. The number of sulfonamides is 1. The fourth-order valence-electron chi connectivity index (χ4n) is 2.44. The third-order valence-corrected chi connectivity index (χ3v) is 5.65. The van der Waals surface area contributed by atoms with E-state index in [2.05, 4.69) is 0 Å². The molecule has 0 bridgehead atoms. The average Bonchev–Trinajstić information content (AvgIpc) is 2.47. The van der Waals surface area contributed by atoms with Crippen LogP contribution in [-0.4, -0.2) is 43.8 Å². The molecule has 1 aromatic rings. The Morgan fingerprint density at radius 2 is 2.14 bits per heavy atom. The van der Waals surface area contributed by atoms with Gasteiger partial charge in [-0.15, -0.1) is 0 Å². The van der Waals surface area contributed by atoms with Gasteiger partial charge in [-0.1, -0.05) is 19.1 Å². The number of hydrogen-bond donors (Lipinski definition) is 0. The number of ketones is 1. The Morgan fingerprint density at radius 3 is 2.76 bits per heavy atom. The predicted octanol–water partition coefficient (Wildman–Crippen LogP) is 2.08. The first-order chi connectivity index (χ1) is 9.86. The molecule has 116 valence electrons. The Morgan fingerprint density at radius 1 is 1.43 bits per heavy atom. The van der Waals surface area contributed by atoms with E-state index in [0.29, 0.717) is 25.1 Å². The second-order valence-electron chi connectivity index (χ2n) is 5.36. The van der Waals surface area contributed by atoms with E-state index in [0.717, 1.165) is 0 Å². The van der Waals surface area contributed by atoms with E-state index in [1.165, 1.54) is 23.4 Å². The van der Waals surface area contributed by atoms with E-state index in [1.807, 2.05) is 13.8 Å². The largest absolute Gasteiger partial charge is 0.375 e. The molecule has 21 heavy (non-hydrogen) atoms. The van der Waals surface area contributed by atoms with Crippen molar-refractivity contribution in [2.45, 2.75) is 44.2 Å². The summed E-state index contributed by atoms with van der Waals surface area (Å²) < 4.78 is 32.7. The molecule has 2 rings (SSSR count). The zero-order valence-electron chi connectivity index (χ0n) is 12.6. The van der Waals surface area contributed by atoms with Crippen LogP contribution in [-0.2, 0) is 14.8 Å². The van der Waals surface area contributed by atoms with Crippen molar-refractivity contribution in [3.05, 3.63) is 29.8 Å². The standard InChI is InChI=1S/C15H21NO4S/c1-4-14-10-20-11(2)9-16(14)21(18,19)15-7-5-6-13(8-15)12(3)17/h5-8,11,14H,4,9-10H2,1-3H3/t11-,14+/m1/s1. The molecule has 1 aliphatic heterocycles. The second kappa shape index (κ2) is 6.25. The molecule has 0 aromatic heterocycles. The zero-order valence-corrected chi connectivity index (χ0v) is 13.4. The fraction of sp³-hybridized carbons (Fsp3) is 0.533. The minimum absolute atomic E-state index is 0.126. The van der Waals surface area contributed by atoms with Gasteiger partial charge in [0.2, 0.25) is 10.0 Å². The van der Waals surface area contributed by atoms with Crippen LogP contribution >= 0.6 is 0 Å². The molecule has 1 saturated heterocycles. The lowest BCUT2D eigenvalue weighted by Gasteiger charge is -2.37. The van der Waals surface area contributed by atoms with Gasteiger partial charge in [0.05, 0.1) is 17.6 Å². The van der Waals surface area contributed by atoms with Crippen molar-refractivity contribution < 1.29 is 17.9 Å². The first-order valence-corrected chi connectivity index (χ1v) is 8.54. The Hall–Kier alpha value is -1.24. The molecule has 1 aromatic carbocycles. The van der Waals surface area contributed by atoms with Crippen LogP contribution in [0.2, 0.25) is 0 Å². The summed E-state index contributed by atoms with van der Waals surface area (Å²) in [5.74, 6) is -0.144. The van der Waals surface area contributed by atoms with Crippen molar-refractivity contribution in [3.8, 4) is 0 Å². The van der Waals surface area contributed by atoms with Gasteiger partial charge in [-0.05, 0) is 32.4 Å². The molecule has 6 heteroatoms. The number of hydrogen-bond acceptors (Lipinski definition) is 4. The molecule has 1 heterocycles. The average molecular weight is 311 g/mol. The number of morpholine rings is 1. The minimum Gasteiger partial charge on any atom is -0.375 e. The number of carbonyl (C=O) groups excluding carboxylic acids is 1. The van der Waals surface area contributed by atoms with E-state index < -0.39 is 10.0 Å². The van der Waals surface area contributed by atoms with E-state index in [-0.39, 0.29) is 22.8 Å². The van der Waals surface area contributed by atoms with Crippen molar-refractivity contribution in [3.63, 3.8) is 0 Å². The summed E-state index contributed by atoms with van der Waals surface area (Å²) in [4.78, 5) is 11.6. The van der Waals surface area contributed by atoms with Gasteiger partial charge in [-0.3, -0.25) is 4.79 Å². The fourth-order valence-corrected chi connectivity index (χ4v) is 4.25. The van der Waals surface area contributed by atoms with Crippen LogP contribution in [0.1, 0.15) is 37.6 Å². The molecule has 0 aliphatic carbocycles. The Labute approximate surface area is 126 Å². The van der Waals surface area contributed by atoms with Gasteiger partial charge in [0.1, 0.15) is 0 Å². The summed E-state index contributed by atoms with van der Waals surface area (Å²) in [5, 5.41) is 0. The van der Waals surface area contributed by atoms with E-state index in [1.54, 1.807) is 12.1 Å². The lowest BCUT2D eigenvalue weighted by molar-refractivity contribution is -0.0230. The number of carbonyl (C=O) groups is 1. The number of Topliss-reactive ketones (excluding diaryl/α,β-unsaturated/α-hetero) is 1. The normalized spacial score (nSPS) is 24.0. The van der Waals surface area contributed by atoms with Gasteiger partial charge in [0.15, 0.2) is 5.78 Å². The molecule has 0 unspecified atom stereocenters. The lowest BCUT2D eigenvalue weighted by Crippen LogP contribution is -2.51. The Balaban J connectivity index is 2.40. The Kier molecular flexibility index (Phi) is 4.81.